The minimum Gasteiger partial charge on any atom is -0.493 e. The molecule has 2 aromatic rings. The molecule has 0 bridgehead atoms. The van der Waals surface area contributed by atoms with Crippen molar-refractivity contribution in [3.05, 3.63) is 70.8 Å². The largest absolute Gasteiger partial charge is 0.493 e. The van der Waals surface area contributed by atoms with Gasteiger partial charge in [0.15, 0.2) is 5.78 Å². The highest BCUT2D eigenvalue weighted by atomic mass is 16.5. The van der Waals surface area contributed by atoms with Gasteiger partial charge in [-0.15, -0.1) is 0 Å². The van der Waals surface area contributed by atoms with Gasteiger partial charge < -0.3 is 4.74 Å². The molecule has 1 atom stereocenters. The van der Waals surface area contributed by atoms with Crippen molar-refractivity contribution in [1.82, 2.24) is 0 Å². The number of allylic oxidation sites excluding steroid dienone is 2. The molecule has 0 heterocycles. The zero-order chi connectivity index (χ0) is 16.4. The molecule has 0 amide bonds. The maximum atomic E-state index is 12.6. The fourth-order valence-electron chi connectivity index (χ4n) is 3.24. The highest BCUT2D eigenvalue weighted by Gasteiger charge is 2.25. The summed E-state index contributed by atoms with van der Waals surface area (Å²) in [5.41, 5.74) is 5.35. The van der Waals surface area contributed by atoms with Crippen LogP contribution in [0.2, 0.25) is 0 Å². The first-order valence-electron chi connectivity index (χ1n) is 8.09. The predicted octanol–water partition coefficient (Wildman–Crippen LogP) is 4.99. The van der Waals surface area contributed by atoms with Gasteiger partial charge in [0.05, 0.1) is 6.61 Å². The van der Waals surface area contributed by atoms with E-state index in [0.717, 1.165) is 28.0 Å². The molecule has 0 N–H and O–H groups in total. The monoisotopic (exact) mass is 306 g/mol. The topological polar surface area (TPSA) is 26.3 Å². The number of hydrogen-bond acceptors (Lipinski definition) is 2. The number of aryl methyl sites for hydroxylation is 2. The maximum absolute atomic E-state index is 12.6. The number of para-hydroxylation sites is 1. The second kappa shape index (κ2) is 6.41. The van der Waals surface area contributed by atoms with Gasteiger partial charge in [0, 0.05) is 11.5 Å². The lowest BCUT2D eigenvalue weighted by Gasteiger charge is -2.22. The van der Waals surface area contributed by atoms with Crippen LogP contribution in [-0.2, 0) is 0 Å². The van der Waals surface area contributed by atoms with Gasteiger partial charge in [0.25, 0.3) is 0 Å². The molecule has 1 aliphatic rings. The molecule has 0 spiro atoms. The molecule has 1 unspecified atom stereocenters. The van der Waals surface area contributed by atoms with E-state index in [-0.39, 0.29) is 11.7 Å². The summed E-state index contributed by atoms with van der Waals surface area (Å²) in [6.45, 7) is 6.72. The van der Waals surface area contributed by atoms with E-state index in [0.29, 0.717) is 13.0 Å². The molecule has 23 heavy (non-hydrogen) atoms. The third-order valence-corrected chi connectivity index (χ3v) is 4.49. The van der Waals surface area contributed by atoms with Crippen LogP contribution in [-0.4, -0.2) is 12.4 Å². The molecule has 0 saturated carbocycles. The van der Waals surface area contributed by atoms with Gasteiger partial charge in [-0.25, -0.2) is 0 Å². The highest BCUT2D eigenvalue weighted by molar-refractivity contribution is 6.06. The van der Waals surface area contributed by atoms with Gasteiger partial charge in [-0.05, 0) is 49.5 Å². The Kier molecular flexibility index (Phi) is 4.33. The Labute approximate surface area is 137 Å². The molecule has 0 radical (unpaired) electrons. The summed E-state index contributed by atoms with van der Waals surface area (Å²) in [5.74, 6) is 1.06. The van der Waals surface area contributed by atoms with E-state index in [2.05, 4.69) is 13.0 Å². The molecule has 0 aromatic heterocycles. The first kappa shape index (κ1) is 15.5. The molecular weight excluding hydrogens is 284 g/mol. The predicted molar refractivity (Wildman–Crippen MR) is 93.9 cm³/mol. The Morgan fingerprint density at radius 1 is 0.913 bits per heavy atom. The summed E-state index contributed by atoms with van der Waals surface area (Å²) in [6.07, 6.45) is 2.79. The third-order valence-electron chi connectivity index (χ3n) is 4.49. The summed E-state index contributed by atoms with van der Waals surface area (Å²) in [6, 6.07) is 14.0. The zero-order valence-electron chi connectivity index (χ0n) is 13.9. The van der Waals surface area contributed by atoms with Crippen molar-refractivity contribution in [2.24, 2.45) is 5.92 Å². The molecule has 2 aromatic carbocycles. The highest BCUT2D eigenvalue weighted by Crippen LogP contribution is 2.31. The van der Waals surface area contributed by atoms with Crippen LogP contribution in [0.1, 0.15) is 40.4 Å². The van der Waals surface area contributed by atoms with E-state index in [4.69, 9.17) is 4.74 Å². The number of Topliss-reactive ketones (excluding diaryl/α,β-unsaturated/α-hetero) is 1. The smallest absolute Gasteiger partial charge is 0.170 e. The molecule has 1 aliphatic carbocycles. The second-order valence-electron chi connectivity index (χ2n) is 6.22. The molecule has 0 aliphatic heterocycles. The Bertz CT molecular complexity index is 751. The fourth-order valence-corrected chi connectivity index (χ4v) is 3.24. The number of benzene rings is 2. The van der Waals surface area contributed by atoms with Crippen molar-refractivity contribution < 1.29 is 9.53 Å². The van der Waals surface area contributed by atoms with Crippen LogP contribution < -0.4 is 4.74 Å². The number of rotatable bonds is 4. The van der Waals surface area contributed by atoms with Gasteiger partial charge in [0.2, 0.25) is 0 Å². The lowest BCUT2D eigenvalue weighted by molar-refractivity contribution is 0.0927. The molecular formula is C21H22O2. The fraction of sp³-hybridized carbons (Fsp3) is 0.286. The van der Waals surface area contributed by atoms with E-state index < -0.39 is 0 Å². The maximum Gasteiger partial charge on any atom is 0.170 e. The summed E-state index contributed by atoms with van der Waals surface area (Å²) >= 11 is 0. The molecule has 2 nitrogen and oxygen atoms in total. The average Bonchev–Trinajstić information content (AvgIpc) is 2.55. The summed E-state index contributed by atoms with van der Waals surface area (Å²) in [4.78, 5) is 12.6. The lowest BCUT2D eigenvalue weighted by Crippen LogP contribution is -2.21. The van der Waals surface area contributed by atoms with Gasteiger partial charge in [-0.1, -0.05) is 48.5 Å². The summed E-state index contributed by atoms with van der Waals surface area (Å²) < 4.78 is 5.96. The van der Waals surface area contributed by atoms with E-state index in [1.165, 1.54) is 5.57 Å². The molecule has 118 valence electrons. The summed E-state index contributed by atoms with van der Waals surface area (Å²) in [7, 11) is 0. The van der Waals surface area contributed by atoms with Crippen LogP contribution in [0, 0.1) is 19.8 Å². The van der Waals surface area contributed by atoms with Crippen LogP contribution in [0.3, 0.4) is 0 Å². The van der Waals surface area contributed by atoms with E-state index in [1.807, 2.05) is 56.3 Å². The second-order valence-corrected chi connectivity index (χ2v) is 6.22. The Morgan fingerprint density at radius 2 is 1.57 bits per heavy atom. The van der Waals surface area contributed by atoms with Crippen LogP contribution in [0.5, 0.6) is 5.75 Å². The SMILES string of the molecule is CC1=CC(CCOc2c(C)cccc2C)C(=O)c2ccccc21. The van der Waals surface area contributed by atoms with Crippen molar-refractivity contribution in [1.29, 1.82) is 0 Å². The first-order chi connectivity index (χ1) is 11.1. The van der Waals surface area contributed by atoms with Crippen LogP contribution in [0.15, 0.2) is 48.5 Å². The molecule has 3 rings (SSSR count). The zero-order valence-corrected chi connectivity index (χ0v) is 13.9. The molecule has 0 fully saturated rings. The van der Waals surface area contributed by atoms with Gasteiger partial charge >= 0.3 is 0 Å². The number of hydrogen-bond donors (Lipinski definition) is 0. The van der Waals surface area contributed by atoms with Crippen LogP contribution in [0.4, 0.5) is 0 Å². The molecule has 2 heteroatoms. The Hall–Kier alpha value is -2.35. The average molecular weight is 306 g/mol. The van der Waals surface area contributed by atoms with Crippen molar-refractivity contribution >= 4 is 11.4 Å². The summed E-state index contributed by atoms with van der Waals surface area (Å²) in [5, 5.41) is 0. The van der Waals surface area contributed by atoms with Crippen LogP contribution in [0.25, 0.3) is 5.57 Å². The number of carbonyl (C=O) groups excluding carboxylic acids is 1. The minimum absolute atomic E-state index is 0.0887. The quantitative estimate of drug-likeness (QED) is 0.795. The van der Waals surface area contributed by atoms with Crippen molar-refractivity contribution in [2.75, 3.05) is 6.61 Å². The first-order valence-corrected chi connectivity index (χ1v) is 8.09. The number of carbonyl (C=O) groups is 1. The van der Waals surface area contributed by atoms with E-state index >= 15 is 0 Å². The number of ether oxygens (including phenoxy) is 1. The number of ketones is 1. The van der Waals surface area contributed by atoms with Crippen LogP contribution >= 0.6 is 0 Å². The van der Waals surface area contributed by atoms with E-state index in [9.17, 15) is 4.79 Å². The Morgan fingerprint density at radius 3 is 2.26 bits per heavy atom. The van der Waals surface area contributed by atoms with E-state index in [1.54, 1.807) is 0 Å². The normalized spacial score (nSPS) is 16.7. The van der Waals surface area contributed by atoms with Crippen molar-refractivity contribution in [3.63, 3.8) is 0 Å². The standard InChI is InChI=1S/C21H22O2/c1-14-7-6-8-15(2)21(14)23-12-11-17-13-16(3)18-9-4-5-10-19(18)20(17)22/h4-10,13,17H,11-12H2,1-3H3. The van der Waals surface area contributed by atoms with Crippen molar-refractivity contribution in [3.8, 4) is 5.75 Å². The number of fused-ring (bicyclic) bond motifs is 1. The molecule has 0 saturated heterocycles. The minimum atomic E-state index is -0.0887. The van der Waals surface area contributed by atoms with Gasteiger partial charge in [-0.3, -0.25) is 4.79 Å². The van der Waals surface area contributed by atoms with Crippen molar-refractivity contribution in [2.45, 2.75) is 27.2 Å². The Balaban J connectivity index is 1.70. The van der Waals surface area contributed by atoms with Gasteiger partial charge in [0.1, 0.15) is 5.75 Å². The lowest BCUT2D eigenvalue weighted by atomic mass is 9.83. The third kappa shape index (κ3) is 3.07. The van der Waals surface area contributed by atoms with Gasteiger partial charge in [-0.2, -0.15) is 0 Å².